The van der Waals surface area contributed by atoms with Crippen LogP contribution in [0.5, 0.6) is 11.5 Å². The van der Waals surface area contributed by atoms with Crippen molar-refractivity contribution in [3.63, 3.8) is 0 Å². The van der Waals surface area contributed by atoms with Gasteiger partial charge in [-0.25, -0.2) is 4.98 Å². The second kappa shape index (κ2) is 7.48. The quantitative estimate of drug-likeness (QED) is 0.357. The van der Waals surface area contributed by atoms with Crippen molar-refractivity contribution in [1.29, 1.82) is 0 Å². The number of halogens is 1. The van der Waals surface area contributed by atoms with E-state index >= 15 is 0 Å². The van der Waals surface area contributed by atoms with Crippen LogP contribution in [0.15, 0.2) is 89.8 Å². The summed E-state index contributed by atoms with van der Waals surface area (Å²) in [7, 11) is 0. The molecule has 0 fully saturated rings. The van der Waals surface area contributed by atoms with Crippen molar-refractivity contribution in [2.45, 2.75) is 0 Å². The third-order valence-corrected chi connectivity index (χ3v) is 4.98. The van der Waals surface area contributed by atoms with Crippen molar-refractivity contribution in [1.82, 2.24) is 20.2 Å². The van der Waals surface area contributed by atoms with Gasteiger partial charge < -0.3 is 4.74 Å². The van der Waals surface area contributed by atoms with E-state index in [1.807, 2.05) is 66.7 Å². The van der Waals surface area contributed by atoms with E-state index in [4.69, 9.17) is 9.72 Å². The van der Waals surface area contributed by atoms with E-state index in [9.17, 15) is 0 Å². The fourth-order valence-electron chi connectivity index (χ4n) is 3.17. The molecule has 0 aliphatic rings. The number of hydrogen-bond donors (Lipinski definition) is 1. The van der Waals surface area contributed by atoms with Crippen LogP contribution in [-0.4, -0.2) is 20.2 Å². The lowest BCUT2D eigenvalue weighted by Crippen LogP contribution is -1.91. The van der Waals surface area contributed by atoms with E-state index < -0.39 is 0 Å². The van der Waals surface area contributed by atoms with Gasteiger partial charge in [0.25, 0.3) is 0 Å². The average Bonchev–Trinajstić information content (AvgIpc) is 3.23. The number of nitrogens with one attached hydrogen (secondary N) is 1. The molecule has 5 aromatic rings. The molecule has 3 aromatic heterocycles. The second-order valence-electron chi connectivity index (χ2n) is 6.52. The van der Waals surface area contributed by atoms with Gasteiger partial charge >= 0.3 is 0 Å². The molecule has 0 unspecified atom stereocenters. The number of aromatic amines is 1. The first-order chi connectivity index (χ1) is 14.3. The van der Waals surface area contributed by atoms with Crippen LogP contribution in [0.2, 0.25) is 0 Å². The van der Waals surface area contributed by atoms with Crippen LogP contribution in [0.4, 0.5) is 0 Å². The minimum atomic E-state index is 0.774. The highest BCUT2D eigenvalue weighted by molar-refractivity contribution is 9.10. The maximum absolute atomic E-state index is 5.90. The smallest absolute Gasteiger partial charge is 0.127 e. The van der Waals surface area contributed by atoms with Crippen molar-refractivity contribution < 1.29 is 4.74 Å². The van der Waals surface area contributed by atoms with Crippen LogP contribution in [0.25, 0.3) is 33.4 Å². The Kier molecular flexibility index (Phi) is 4.54. The lowest BCUT2D eigenvalue weighted by molar-refractivity contribution is 0.483. The zero-order chi connectivity index (χ0) is 19.6. The summed E-state index contributed by atoms with van der Waals surface area (Å²) in [5.41, 5.74) is 4.53. The fourth-order valence-corrected chi connectivity index (χ4v) is 3.53. The maximum atomic E-state index is 5.90. The largest absolute Gasteiger partial charge is 0.457 e. The number of para-hydroxylation sites is 1. The predicted octanol–water partition coefficient (Wildman–Crippen LogP) is 6.24. The SMILES string of the molecule is Brc1cncc(-c2cc3[nH]ncc3c(-c3ccc(Oc4ccccc4)cc3)n2)c1. The number of fused-ring (bicyclic) bond motifs is 1. The number of pyridine rings is 2. The summed E-state index contributed by atoms with van der Waals surface area (Å²) < 4.78 is 6.80. The summed E-state index contributed by atoms with van der Waals surface area (Å²) in [5.74, 6) is 1.58. The molecule has 0 amide bonds. The Morgan fingerprint density at radius 3 is 2.38 bits per heavy atom. The Morgan fingerprint density at radius 2 is 1.59 bits per heavy atom. The van der Waals surface area contributed by atoms with Crippen LogP contribution in [0, 0.1) is 0 Å². The first-order valence-corrected chi connectivity index (χ1v) is 9.84. The number of H-pyrrole nitrogens is 1. The van der Waals surface area contributed by atoms with Crippen molar-refractivity contribution in [2.75, 3.05) is 0 Å². The molecule has 140 valence electrons. The second-order valence-corrected chi connectivity index (χ2v) is 7.43. The molecule has 3 heterocycles. The molecule has 0 aliphatic heterocycles. The van der Waals surface area contributed by atoms with E-state index in [1.165, 1.54) is 0 Å². The van der Waals surface area contributed by atoms with E-state index in [0.29, 0.717) is 0 Å². The summed E-state index contributed by atoms with van der Waals surface area (Å²) in [6.45, 7) is 0. The number of hydrogen-bond acceptors (Lipinski definition) is 4. The van der Waals surface area contributed by atoms with Crippen molar-refractivity contribution in [3.05, 3.63) is 89.8 Å². The number of ether oxygens (including phenoxy) is 1. The Labute approximate surface area is 175 Å². The summed E-state index contributed by atoms with van der Waals surface area (Å²) in [5, 5.41) is 8.22. The average molecular weight is 443 g/mol. The molecule has 0 bridgehead atoms. The first kappa shape index (κ1) is 17.6. The number of benzene rings is 2. The minimum Gasteiger partial charge on any atom is -0.457 e. The summed E-state index contributed by atoms with van der Waals surface area (Å²) in [6, 6.07) is 21.6. The van der Waals surface area contributed by atoms with Gasteiger partial charge in [0, 0.05) is 33.4 Å². The van der Waals surface area contributed by atoms with Crippen LogP contribution < -0.4 is 4.74 Å². The van der Waals surface area contributed by atoms with Gasteiger partial charge in [-0.15, -0.1) is 0 Å². The van der Waals surface area contributed by atoms with E-state index in [2.05, 4.69) is 31.1 Å². The van der Waals surface area contributed by atoms with Gasteiger partial charge in [0.05, 0.1) is 23.1 Å². The third kappa shape index (κ3) is 3.62. The molecule has 0 radical (unpaired) electrons. The molecule has 2 aromatic carbocycles. The Morgan fingerprint density at radius 1 is 0.793 bits per heavy atom. The van der Waals surface area contributed by atoms with Gasteiger partial charge in [-0.05, 0) is 64.5 Å². The number of nitrogens with zero attached hydrogens (tertiary/aromatic N) is 3. The van der Waals surface area contributed by atoms with Crippen molar-refractivity contribution >= 4 is 26.8 Å². The normalized spacial score (nSPS) is 10.9. The molecule has 5 nitrogen and oxygen atoms in total. The fraction of sp³-hybridized carbons (Fsp3) is 0. The van der Waals surface area contributed by atoms with E-state index in [1.54, 1.807) is 18.6 Å². The van der Waals surface area contributed by atoms with Crippen LogP contribution in [0.1, 0.15) is 0 Å². The molecule has 0 spiro atoms. The molecule has 0 saturated carbocycles. The Bertz CT molecular complexity index is 1280. The molecule has 0 aliphatic carbocycles. The standard InChI is InChI=1S/C23H15BrN4O/c24-17-10-16(12-25-13-17)21-11-22-20(14-26-28-22)23(27-21)15-6-8-19(9-7-15)29-18-4-2-1-3-5-18/h1-14H,(H,26,28). The van der Waals surface area contributed by atoms with Gasteiger partial charge in [0.1, 0.15) is 11.5 Å². The van der Waals surface area contributed by atoms with E-state index in [0.717, 1.165) is 49.4 Å². The first-order valence-electron chi connectivity index (χ1n) is 9.05. The number of aromatic nitrogens is 4. The highest BCUT2D eigenvalue weighted by atomic mass is 79.9. The van der Waals surface area contributed by atoms with Gasteiger partial charge in [-0.1, -0.05) is 18.2 Å². The highest BCUT2D eigenvalue weighted by Crippen LogP contribution is 2.32. The maximum Gasteiger partial charge on any atom is 0.127 e. The van der Waals surface area contributed by atoms with E-state index in [-0.39, 0.29) is 0 Å². The summed E-state index contributed by atoms with van der Waals surface area (Å²) in [4.78, 5) is 9.16. The molecule has 1 N–H and O–H groups in total. The van der Waals surface area contributed by atoms with Crippen molar-refractivity contribution in [2.24, 2.45) is 0 Å². The molecule has 6 heteroatoms. The molecular weight excluding hydrogens is 428 g/mol. The Balaban J connectivity index is 1.55. The lowest BCUT2D eigenvalue weighted by atomic mass is 10.1. The zero-order valence-electron chi connectivity index (χ0n) is 15.2. The molecule has 0 saturated heterocycles. The van der Waals surface area contributed by atoms with Crippen LogP contribution in [-0.2, 0) is 0 Å². The molecule has 5 rings (SSSR count). The monoisotopic (exact) mass is 442 g/mol. The molecular formula is C23H15BrN4O. The lowest BCUT2D eigenvalue weighted by Gasteiger charge is -2.09. The highest BCUT2D eigenvalue weighted by Gasteiger charge is 2.12. The topological polar surface area (TPSA) is 63.7 Å². The van der Waals surface area contributed by atoms with Crippen molar-refractivity contribution in [3.8, 4) is 34.0 Å². The predicted molar refractivity (Wildman–Crippen MR) is 117 cm³/mol. The molecule has 29 heavy (non-hydrogen) atoms. The number of rotatable bonds is 4. The summed E-state index contributed by atoms with van der Waals surface area (Å²) in [6.07, 6.45) is 5.36. The van der Waals surface area contributed by atoms with Gasteiger partial charge in [-0.3, -0.25) is 10.1 Å². The van der Waals surface area contributed by atoms with Gasteiger partial charge in [0.15, 0.2) is 0 Å². The van der Waals surface area contributed by atoms with Crippen LogP contribution in [0.3, 0.4) is 0 Å². The summed E-state index contributed by atoms with van der Waals surface area (Å²) >= 11 is 3.48. The van der Waals surface area contributed by atoms with Gasteiger partial charge in [0.2, 0.25) is 0 Å². The minimum absolute atomic E-state index is 0.774. The van der Waals surface area contributed by atoms with Gasteiger partial charge in [-0.2, -0.15) is 5.10 Å². The zero-order valence-corrected chi connectivity index (χ0v) is 16.8. The Hall–Kier alpha value is -3.51. The van der Waals surface area contributed by atoms with Crippen LogP contribution >= 0.6 is 15.9 Å². The molecule has 0 atom stereocenters. The third-order valence-electron chi connectivity index (χ3n) is 4.54.